The normalized spacial score (nSPS) is 15.3. The Bertz CT molecular complexity index is 360. The van der Waals surface area contributed by atoms with Gasteiger partial charge in [-0.2, -0.15) is 15.0 Å². The van der Waals surface area contributed by atoms with Gasteiger partial charge in [0.05, 0.1) is 0 Å². The van der Waals surface area contributed by atoms with Gasteiger partial charge < -0.3 is 10.2 Å². The lowest BCUT2D eigenvalue weighted by molar-refractivity contribution is 0.812. The molecule has 1 aromatic rings. The number of aromatic nitrogens is 3. The van der Waals surface area contributed by atoms with Gasteiger partial charge in [0.15, 0.2) is 0 Å². The predicted octanol–water partition coefficient (Wildman–Crippen LogP) is 1.99. The topological polar surface area (TPSA) is 53.9 Å². The van der Waals surface area contributed by atoms with Crippen LogP contribution in [0.5, 0.6) is 0 Å². The van der Waals surface area contributed by atoms with E-state index < -0.39 is 0 Å². The van der Waals surface area contributed by atoms with Gasteiger partial charge in [0, 0.05) is 19.6 Å². The zero-order valence-electron chi connectivity index (χ0n) is 10.7. The molecule has 0 aromatic carbocycles. The summed E-state index contributed by atoms with van der Waals surface area (Å²) in [5.41, 5.74) is 0. The van der Waals surface area contributed by atoms with E-state index in [-0.39, 0.29) is 0 Å². The zero-order chi connectivity index (χ0) is 12.1. The Kier molecular flexibility index (Phi) is 4.12. The summed E-state index contributed by atoms with van der Waals surface area (Å²) >= 11 is 0. The Balaban J connectivity index is 2.05. The van der Waals surface area contributed by atoms with Crippen LogP contribution in [0.25, 0.3) is 0 Å². The van der Waals surface area contributed by atoms with E-state index in [4.69, 9.17) is 0 Å². The van der Waals surface area contributed by atoms with Crippen molar-refractivity contribution in [2.45, 2.75) is 39.5 Å². The SMILES string of the molecule is CCCCNc1nc(C)nc(N2CCCC2)n1. The van der Waals surface area contributed by atoms with Gasteiger partial charge in [-0.05, 0) is 26.2 Å². The first-order valence-corrected chi connectivity index (χ1v) is 6.51. The summed E-state index contributed by atoms with van der Waals surface area (Å²) in [6, 6.07) is 0. The van der Waals surface area contributed by atoms with Crippen molar-refractivity contribution in [1.82, 2.24) is 15.0 Å². The van der Waals surface area contributed by atoms with Crippen LogP contribution in [0.3, 0.4) is 0 Å². The molecule has 5 nitrogen and oxygen atoms in total. The molecular weight excluding hydrogens is 214 g/mol. The van der Waals surface area contributed by atoms with Crippen LogP contribution in [0, 0.1) is 6.92 Å². The van der Waals surface area contributed by atoms with Crippen LogP contribution in [0.15, 0.2) is 0 Å². The molecule has 17 heavy (non-hydrogen) atoms. The first kappa shape index (κ1) is 12.1. The molecular formula is C12H21N5. The second kappa shape index (κ2) is 5.80. The Hall–Kier alpha value is -1.39. The molecule has 1 fully saturated rings. The monoisotopic (exact) mass is 235 g/mol. The number of anilines is 2. The van der Waals surface area contributed by atoms with Crippen molar-refractivity contribution < 1.29 is 0 Å². The molecule has 1 N–H and O–H groups in total. The zero-order valence-corrected chi connectivity index (χ0v) is 10.7. The third kappa shape index (κ3) is 3.28. The number of nitrogens with zero attached hydrogens (tertiary/aromatic N) is 4. The third-order valence-electron chi connectivity index (χ3n) is 2.94. The molecule has 0 spiro atoms. The molecule has 0 aliphatic carbocycles. The summed E-state index contributed by atoms with van der Waals surface area (Å²) in [5.74, 6) is 2.34. The highest BCUT2D eigenvalue weighted by Gasteiger charge is 2.16. The number of nitrogens with one attached hydrogen (secondary N) is 1. The maximum absolute atomic E-state index is 4.48. The Labute approximate surface area is 103 Å². The minimum absolute atomic E-state index is 0.716. The van der Waals surface area contributed by atoms with Crippen molar-refractivity contribution in [1.29, 1.82) is 0 Å². The molecule has 1 aliphatic rings. The fraction of sp³-hybridized carbons (Fsp3) is 0.750. The van der Waals surface area contributed by atoms with Crippen molar-refractivity contribution in [3.05, 3.63) is 5.82 Å². The van der Waals surface area contributed by atoms with Crippen LogP contribution in [-0.4, -0.2) is 34.6 Å². The largest absolute Gasteiger partial charge is 0.354 e. The molecule has 0 atom stereocenters. The molecule has 2 rings (SSSR count). The lowest BCUT2D eigenvalue weighted by Crippen LogP contribution is -2.22. The third-order valence-corrected chi connectivity index (χ3v) is 2.94. The van der Waals surface area contributed by atoms with Crippen LogP contribution in [-0.2, 0) is 0 Å². The second-order valence-corrected chi connectivity index (χ2v) is 4.48. The molecule has 5 heteroatoms. The maximum Gasteiger partial charge on any atom is 0.230 e. The number of hydrogen-bond acceptors (Lipinski definition) is 5. The summed E-state index contributed by atoms with van der Waals surface area (Å²) in [4.78, 5) is 15.4. The van der Waals surface area contributed by atoms with Gasteiger partial charge in [0.2, 0.25) is 11.9 Å². The fourth-order valence-electron chi connectivity index (χ4n) is 1.98. The summed E-state index contributed by atoms with van der Waals surface area (Å²) < 4.78 is 0. The first-order chi connectivity index (χ1) is 8.29. The average Bonchev–Trinajstić information content (AvgIpc) is 2.82. The summed E-state index contributed by atoms with van der Waals surface area (Å²) in [5, 5.41) is 3.26. The Morgan fingerprint density at radius 1 is 1.18 bits per heavy atom. The van der Waals surface area contributed by atoms with E-state index in [9.17, 15) is 0 Å². The Morgan fingerprint density at radius 3 is 2.65 bits per heavy atom. The molecule has 0 bridgehead atoms. The molecule has 1 aromatic heterocycles. The highest BCUT2D eigenvalue weighted by molar-refractivity contribution is 5.37. The maximum atomic E-state index is 4.48. The summed E-state index contributed by atoms with van der Waals surface area (Å²) in [6.07, 6.45) is 4.80. The highest BCUT2D eigenvalue weighted by Crippen LogP contribution is 2.16. The van der Waals surface area contributed by atoms with Crippen LogP contribution < -0.4 is 10.2 Å². The van der Waals surface area contributed by atoms with Gasteiger partial charge in [-0.25, -0.2) is 0 Å². The van der Waals surface area contributed by atoms with Crippen LogP contribution in [0.4, 0.5) is 11.9 Å². The number of aryl methyl sites for hydroxylation is 1. The lowest BCUT2D eigenvalue weighted by atomic mass is 10.3. The van der Waals surface area contributed by atoms with Crippen LogP contribution in [0.2, 0.25) is 0 Å². The summed E-state index contributed by atoms with van der Waals surface area (Å²) in [6.45, 7) is 7.16. The molecule has 0 radical (unpaired) electrons. The van der Waals surface area contributed by atoms with Gasteiger partial charge in [-0.15, -0.1) is 0 Å². The van der Waals surface area contributed by atoms with Crippen LogP contribution in [0.1, 0.15) is 38.4 Å². The van der Waals surface area contributed by atoms with Gasteiger partial charge in [0.25, 0.3) is 0 Å². The van der Waals surface area contributed by atoms with Crippen LogP contribution >= 0.6 is 0 Å². The standard InChI is InChI=1S/C12H21N5/c1-3-4-7-13-11-14-10(2)15-12(16-11)17-8-5-6-9-17/h3-9H2,1-2H3,(H,13,14,15,16). The predicted molar refractivity (Wildman–Crippen MR) is 69.4 cm³/mol. The quantitative estimate of drug-likeness (QED) is 0.791. The summed E-state index contributed by atoms with van der Waals surface area (Å²) in [7, 11) is 0. The van der Waals surface area contributed by atoms with Gasteiger partial charge in [0.1, 0.15) is 5.82 Å². The molecule has 1 aliphatic heterocycles. The van der Waals surface area contributed by atoms with Gasteiger partial charge in [-0.1, -0.05) is 13.3 Å². The minimum atomic E-state index is 0.716. The molecule has 2 heterocycles. The van der Waals surface area contributed by atoms with E-state index >= 15 is 0 Å². The molecule has 1 saturated heterocycles. The van der Waals surface area contributed by atoms with Crippen molar-refractivity contribution in [3.63, 3.8) is 0 Å². The number of unbranched alkanes of at least 4 members (excludes halogenated alkanes) is 1. The fourth-order valence-corrected chi connectivity index (χ4v) is 1.98. The van der Waals surface area contributed by atoms with E-state index in [1.54, 1.807) is 0 Å². The Morgan fingerprint density at radius 2 is 1.94 bits per heavy atom. The van der Waals surface area contributed by atoms with E-state index in [1.165, 1.54) is 19.3 Å². The molecule has 0 saturated carbocycles. The second-order valence-electron chi connectivity index (χ2n) is 4.48. The van der Waals surface area contributed by atoms with Crippen molar-refractivity contribution in [3.8, 4) is 0 Å². The van der Waals surface area contributed by atoms with Crippen molar-refractivity contribution >= 4 is 11.9 Å². The van der Waals surface area contributed by atoms with E-state index in [0.717, 1.165) is 37.8 Å². The van der Waals surface area contributed by atoms with E-state index in [2.05, 4.69) is 32.1 Å². The molecule has 0 amide bonds. The first-order valence-electron chi connectivity index (χ1n) is 6.51. The van der Waals surface area contributed by atoms with Crippen molar-refractivity contribution in [2.75, 3.05) is 29.9 Å². The molecule has 94 valence electrons. The van der Waals surface area contributed by atoms with Gasteiger partial charge >= 0.3 is 0 Å². The van der Waals surface area contributed by atoms with Crippen molar-refractivity contribution in [2.24, 2.45) is 0 Å². The number of rotatable bonds is 5. The molecule has 0 unspecified atom stereocenters. The van der Waals surface area contributed by atoms with E-state index in [0.29, 0.717) is 5.95 Å². The lowest BCUT2D eigenvalue weighted by Gasteiger charge is -2.16. The highest BCUT2D eigenvalue weighted by atomic mass is 15.3. The number of hydrogen-bond donors (Lipinski definition) is 1. The average molecular weight is 235 g/mol. The van der Waals surface area contributed by atoms with E-state index in [1.807, 2.05) is 6.92 Å². The van der Waals surface area contributed by atoms with Gasteiger partial charge in [-0.3, -0.25) is 0 Å². The smallest absolute Gasteiger partial charge is 0.230 e. The minimum Gasteiger partial charge on any atom is -0.354 e.